The number of hydrogen-bond acceptors (Lipinski definition) is 2. The molecule has 3 heteroatoms. The van der Waals surface area contributed by atoms with E-state index in [1.54, 1.807) is 20.8 Å². The summed E-state index contributed by atoms with van der Waals surface area (Å²) < 4.78 is 0. The summed E-state index contributed by atoms with van der Waals surface area (Å²) in [5.74, 6) is -1.04. The Morgan fingerprint density at radius 3 is 2.09 bits per heavy atom. The molecule has 0 atom stereocenters. The Kier molecular flexibility index (Phi) is 2.99. The van der Waals surface area contributed by atoms with Crippen molar-refractivity contribution >= 4 is 11.7 Å². The number of amides is 1. The molecule has 1 amide bonds. The van der Waals surface area contributed by atoms with E-state index in [1.165, 1.54) is 6.20 Å². The molecule has 62 valence electrons. The molecule has 0 aliphatic rings. The molecule has 0 aliphatic heterocycles. The molecule has 0 aromatic rings. The van der Waals surface area contributed by atoms with Gasteiger partial charge in [0.05, 0.1) is 0 Å². The summed E-state index contributed by atoms with van der Waals surface area (Å²) in [5, 5.41) is 2.23. The fraction of sp³-hybridized carbons (Fsp3) is 0.500. The monoisotopic (exact) mass is 155 g/mol. The van der Waals surface area contributed by atoms with Gasteiger partial charge in [0, 0.05) is 5.41 Å². The van der Waals surface area contributed by atoms with E-state index in [2.05, 4.69) is 11.9 Å². The van der Waals surface area contributed by atoms with Gasteiger partial charge in [-0.15, -0.1) is 0 Å². The Morgan fingerprint density at radius 2 is 1.82 bits per heavy atom. The van der Waals surface area contributed by atoms with Gasteiger partial charge < -0.3 is 5.32 Å². The smallest absolute Gasteiger partial charge is 0.291 e. The van der Waals surface area contributed by atoms with Gasteiger partial charge >= 0.3 is 0 Å². The molecule has 0 spiro atoms. The van der Waals surface area contributed by atoms with Crippen LogP contribution >= 0.6 is 0 Å². The second-order valence-electron chi connectivity index (χ2n) is 3.26. The molecule has 0 fully saturated rings. The molecule has 1 N–H and O–H groups in total. The molecule has 0 unspecified atom stereocenters. The number of carbonyl (C=O) groups is 2. The topological polar surface area (TPSA) is 46.2 Å². The molecule has 0 aromatic carbocycles. The number of carbonyl (C=O) groups excluding carboxylic acids is 2. The molecular weight excluding hydrogens is 142 g/mol. The summed E-state index contributed by atoms with van der Waals surface area (Å²) in [6, 6.07) is 0. The van der Waals surface area contributed by atoms with E-state index in [0.717, 1.165) is 0 Å². The van der Waals surface area contributed by atoms with Crippen molar-refractivity contribution in [3.05, 3.63) is 12.8 Å². The molecular formula is C8H13NO2. The van der Waals surface area contributed by atoms with Gasteiger partial charge in [-0.05, 0) is 6.20 Å². The Bertz CT molecular complexity index is 189. The predicted molar refractivity (Wildman–Crippen MR) is 42.8 cm³/mol. The standard InChI is InChI=1S/C8H13NO2/c1-5-9-7(11)6(10)8(2,3)4/h5H,1H2,2-4H3,(H,9,11). The summed E-state index contributed by atoms with van der Waals surface area (Å²) in [7, 11) is 0. The zero-order valence-corrected chi connectivity index (χ0v) is 7.10. The van der Waals surface area contributed by atoms with Gasteiger partial charge in [-0.3, -0.25) is 9.59 Å². The van der Waals surface area contributed by atoms with Gasteiger partial charge in [-0.2, -0.15) is 0 Å². The first-order valence-corrected chi connectivity index (χ1v) is 3.36. The van der Waals surface area contributed by atoms with Crippen molar-refractivity contribution in [2.45, 2.75) is 20.8 Å². The van der Waals surface area contributed by atoms with Crippen molar-refractivity contribution in [2.24, 2.45) is 5.41 Å². The van der Waals surface area contributed by atoms with Crippen molar-refractivity contribution in [3.63, 3.8) is 0 Å². The van der Waals surface area contributed by atoms with Crippen LogP contribution in [-0.2, 0) is 9.59 Å². The van der Waals surface area contributed by atoms with Crippen LogP contribution in [-0.4, -0.2) is 11.7 Å². The molecule has 0 aromatic heterocycles. The molecule has 0 bridgehead atoms. The largest absolute Gasteiger partial charge is 0.327 e. The van der Waals surface area contributed by atoms with Crippen LogP contribution < -0.4 is 5.32 Å². The SMILES string of the molecule is C=CNC(=O)C(=O)C(C)(C)C. The molecule has 3 nitrogen and oxygen atoms in total. The maximum atomic E-state index is 11.1. The Hall–Kier alpha value is -1.12. The number of Topliss-reactive ketones (excluding diaryl/α,β-unsaturated/α-hetero) is 1. The summed E-state index contributed by atoms with van der Waals surface area (Å²) >= 11 is 0. The van der Waals surface area contributed by atoms with Crippen molar-refractivity contribution in [2.75, 3.05) is 0 Å². The number of ketones is 1. The van der Waals surface area contributed by atoms with E-state index in [1.807, 2.05) is 0 Å². The van der Waals surface area contributed by atoms with Crippen molar-refractivity contribution in [1.82, 2.24) is 5.32 Å². The quantitative estimate of drug-likeness (QED) is 0.601. The minimum atomic E-state index is -0.618. The lowest BCUT2D eigenvalue weighted by Gasteiger charge is -2.14. The van der Waals surface area contributed by atoms with E-state index in [0.29, 0.717) is 0 Å². The average molecular weight is 155 g/mol. The molecule has 11 heavy (non-hydrogen) atoms. The highest BCUT2D eigenvalue weighted by atomic mass is 16.2. The van der Waals surface area contributed by atoms with E-state index in [9.17, 15) is 9.59 Å². The van der Waals surface area contributed by atoms with Crippen molar-refractivity contribution < 1.29 is 9.59 Å². The van der Waals surface area contributed by atoms with E-state index in [-0.39, 0.29) is 0 Å². The highest BCUT2D eigenvalue weighted by Crippen LogP contribution is 2.13. The van der Waals surface area contributed by atoms with Gasteiger partial charge in [-0.25, -0.2) is 0 Å². The van der Waals surface area contributed by atoms with Gasteiger partial charge in [0.1, 0.15) is 0 Å². The molecule has 0 heterocycles. The van der Waals surface area contributed by atoms with E-state index >= 15 is 0 Å². The van der Waals surface area contributed by atoms with Crippen molar-refractivity contribution in [1.29, 1.82) is 0 Å². The maximum absolute atomic E-state index is 11.1. The lowest BCUT2D eigenvalue weighted by Crippen LogP contribution is -2.35. The first-order chi connectivity index (χ1) is 4.89. The van der Waals surface area contributed by atoms with Crippen molar-refractivity contribution in [3.8, 4) is 0 Å². The molecule has 0 aliphatic carbocycles. The Labute approximate surface area is 66.5 Å². The van der Waals surface area contributed by atoms with Crippen LogP contribution in [0.5, 0.6) is 0 Å². The van der Waals surface area contributed by atoms with Crippen LogP contribution in [0.15, 0.2) is 12.8 Å². The Morgan fingerprint density at radius 1 is 1.36 bits per heavy atom. The second kappa shape index (κ2) is 3.32. The van der Waals surface area contributed by atoms with Crippen LogP contribution in [0.1, 0.15) is 20.8 Å². The highest BCUT2D eigenvalue weighted by Gasteiger charge is 2.27. The molecule has 0 radical (unpaired) electrons. The fourth-order valence-electron chi connectivity index (χ4n) is 0.499. The zero-order valence-electron chi connectivity index (χ0n) is 7.10. The molecule has 0 rings (SSSR count). The maximum Gasteiger partial charge on any atom is 0.291 e. The van der Waals surface area contributed by atoms with E-state index in [4.69, 9.17) is 0 Å². The van der Waals surface area contributed by atoms with Crippen LogP contribution in [0.4, 0.5) is 0 Å². The van der Waals surface area contributed by atoms with E-state index < -0.39 is 17.1 Å². The van der Waals surface area contributed by atoms with Gasteiger partial charge in [0.25, 0.3) is 5.91 Å². The minimum absolute atomic E-state index is 0.433. The number of rotatable bonds is 2. The summed E-state index contributed by atoms with van der Waals surface area (Å²) in [4.78, 5) is 22.0. The minimum Gasteiger partial charge on any atom is -0.327 e. The van der Waals surface area contributed by atoms with Crippen LogP contribution in [0.3, 0.4) is 0 Å². The third-order valence-corrected chi connectivity index (χ3v) is 1.12. The number of nitrogens with one attached hydrogen (secondary N) is 1. The highest BCUT2D eigenvalue weighted by molar-refractivity contribution is 6.38. The fourth-order valence-corrected chi connectivity index (χ4v) is 0.499. The Balaban J connectivity index is 4.26. The zero-order chi connectivity index (χ0) is 9.07. The van der Waals surface area contributed by atoms with Crippen LogP contribution in [0, 0.1) is 5.41 Å². The van der Waals surface area contributed by atoms with Gasteiger partial charge in [-0.1, -0.05) is 27.4 Å². The summed E-state index contributed by atoms with van der Waals surface area (Å²) in [5.41, 5.74) is -0.618. The average Bonchev–Trinajstić information content (AvgIpc) is 1.85. The third kappa shape index (κ3) is 2.98. The normalized spacial score (nSPS) is 10.5. The first-order valence-electron chi connectivity index (χ1n) is 3.36. The second-order valence-corrected chi connectivity index (χ2v) is 3.26. The lowest BCUT2D eigenvalue weighted by molar-refractivity contribution is -0.141. The van der Waals surface area contributed by atoms with Gasteiger partial charge in [0.15, 0.2) is 0 Å². The first kappa shape index (κ1) is 9.88. The molecule has 0 saturated heterocycles. The number of hydrogen-bond donors (Lipinski definition) is 1. The summed E-state index contributed by atoms with van der Waals surface area (Å²) in [6.45, 7) is 8.36. The third-order valence-electron chi connectivity index (χ3n) is 1.12. The van der Waals surface area contributed by atoms with Gasteiger partial charge in [0.2, 0.25) is 5.78 Å². The van der Waals surface area contributed by atoms with Crippen LogP contribution in [0.2, 0.25) is 0 Å². The predicted octanol–water partition coefficient (Wildman–Crippen LogP) is 0.861. The lowest BCUT2D eigenvalue weighted by atomic mass is 9.90. The van der Waals surface area contributed by atoms with Crippen LogP contribution in [0.25, 0.3) is 0 Å². The summed E-state index contributed by atoms with van der Waals surface area (Å²) in [6.07, 6.45) is 1.20. The molecule has 0 saturated carbocycles.